The van der Waals surface area contributed by atoms with E-state index in [9.17, 15) is 34.2 Å². The highest BCUT2D eigenvalue weighted by atomic mass is 16.6. The zero-order valence-electron chi connectivity index (χ0n) is 43.1. The van der Waals surface area contributed by atoms with Crippen LogP contribution in [-0.2, 0) is 53.1 Å². The van der Waals surface area contributed by atoms with Gasteiger partial charge < -0.3 is 38.8 Å². The summed E-state index contributed by atoms with van der Waals surface area (Å²) >= 11 is 0. The van der Waals surface area contributed by atoms with Crippen molar-refractivity contribution in [3.63, 3.8) is 0 Å². The van der Waals surface area contributed by atoms with Crippen LogP contribution in [0.5, 0.6) is 5.75 Å². The van der Waals surface area contributed by atoms with Gasteiger partial charge in [-0.2, -0.15) is 0 Å². The van der Waals surface area contributed by atoms with Crippen LogP contribution in [0.15, 0.2) is 88.8 Å². The molecule has 2 saturated carbocycles. The Kier molecular flexibility index (Phi) is 17.3. The maximum Gasteiger partial charge on any atom is 0.409 e. The molecular formula is C58H69N5O11. The molecule has 11 rings (SSSR count). The van der Waals surface area contributed by atoms with E-state index in [1.165, 1.54) is 36.9 Å². The number of esters is 2. The third kappa shape index (κ3) is 11.4. The Hall–Kier alpha value is -6.87. The molecule has 5 heterocycles. The molecule has 2 aromatic carbocycles. The first-order chi connectivity index (χ1) is 35.8. The van der Waals surface area contributed by atoms with Gasteiger partial charge in [-0.1, -0.05) is 37.6 Å². The first-order valence-corrected chi connectivity index (χ1v) is 26.3. The van der Waals surface area contributed by atoms with Crippen molar-refractivity contribution in [2.45, 2.75) is 117 Å². The number of unbranched alkanes of at least 4 members (excludes halogenated alkanes) is 1. The third-order valence-corrected chi connectivity index (χ3v) is 15.7. The van der Waals surface area contributed by atoms with Gasteiger partial charge in [0.05, 0.1) is 35.6 Å². The molecule has 0 bridgehead atoms. The van der Waals surface area contributed by atoms with Crippen molar-refractivity contribution in [2.75, 3.05) is 51.3 Å². The Labute approximate surface area is 432 Å². The number of nitrogens with zero attached hydrogens (tertiary/aromatic N) is 5. The summed E-state index contributed by atoms with van der Waals surface area (Å²) in [5.74, 6) is 2.74. The highest BCUT2D eigenvalue weighted by molar-refractivity contribution is 5.93. The van der Waals surface area contributed by atoms with Crippen LogP contribution in [0.3, 0.4) is 0 Å². The number of para-hydroxylation sites is 1. The number of fused-ring (bicyclic) bond motifs is 9. The van der Waals surface area contributed by atoms with Crippen molar-refractivity contribution in [3.8, 4) is 17.1 Å². The van der Waals surface area contributed by atoms with Gasteiger partial charge in [-0.25, -0.2) is 19.4 Å². The highest BCUT2D eigenvalue weighted by Crippen LogP contribution is 2.55. The molecule has 2 aromatic heterocycles. The Balaban J connectivity index is 0.000000224. The van der Waals surface area contributed by atoms with Crippen molar-refractivity contribution >= 4 is 46.3 Å². The van der Waals surface area contributed by atoms with E-state index >= 15 is 0 Å². The van der Waals surface area contributed by atoms with Crippen molar-refractivity contribution < 1.29 is 48.4 Å². The number of aliphatic hydroxyl groups excluding tert-OH is 1. The van der Waals surface area contributed by atoms with Crippen LogP contribution in [0.2, 0.25) is 0 Å². The van der Waals surface area contributed by atoms with E-state index in [4.69, 9.17) is 24.0 Å². The molecule has 1 amide bonds. The predicted molar refractivity (Wildman–Crippen MR) is 280 cm³/mol. The standard InChI is InChI=1S/C35H37N5O7.C19H24O3.C2H2O.C2H6/c1-37(23-7-3-2-4-8-23)11-5-6-16-46-35(45)39-14-12-38(13-15-39)20-26-24-17-22-19-40-29(31(22)36-28(24)9-10-30(26)41)18-25-27(33(40)43)21-47-34(44)32(25)42;1-11(20)22-19-9-8-17-16-4-2-12-10-13(21)3-5-14(12)15(16)6-7-18(17)19;1-2-3;1-2/h2-4,7-10,17-18,32,41-42H,5-6,11-16,19-21H2,1H3;10,16-19H,2-9H2,1H3;1H2;1-2H3/t;16-,17?,18?,19?;;/m.1../s1. The number of piperazine rings is 1. The van der Waals surface area contributed by atoms with Crippen molar-refractivity contribution in [1.82, 2.24) is 19.4 Å². The Bertz CT molecular complexity index is 2910. The Morgan fingerprint density at radius 3 is 2.43 bits per heavy atom. The van der Waals surface area contributed by atoms with Crippen LogP contribution >= 0.6 is 0 Å². The van der Waals surface area contributed by atoms with E-state index in [0.29, 0.717) is 86.2 Å². The second-order valence-corrected chi connectivity index (χ2v) is 19.9. The lowest BCUT2D eigenvalue weighted by atomic mass is 9.63. The number of aliphatic hydroxyl groups is 1. The number of phenolic OH excluding ortho intramolecular Hbond substituents is 1. The number of phenols is 1. The van der Waals surface area contributed by atoms with Gasteiger partial charge in [-0.05, 0) is 136 Å². The minimum Gasteiger partial charge on any atom is -0.508 e. The summed E-state index contributed by atoms with van der Waals surface area (Å²) < 4.78 is 17.7. The number of ketones is 1. The van der Waals surface area contributed by atoms with Gasteiger partial charge in [0.2, 0.25) is 0 Å². The van der Waals surface area contributed by atoms with Crippen LogP contribution < -0.4 is 10.5 Å². The zero-order chi connectivity index (χ0) is 52.6. The number of hydrogen-bond donors (Lipinski definition) is 2. The predicted octanol–water partition coefficient (Wildman–Crippen LogP) is 8.16. The minimum atomic E-state index is -1.51. The van der Waals surface area contributed by atoms with Gasteiger partial charge >= 0.3 is 18.0 Å². The average Bonchev–Trinajstić information content (AvgIpc) is 3.99. The first-order valence-electron chi connectivity index (χ1n) is 26.3. The molecule has 2 N–H and O–H groups in total. The van der Waals surface area contributed by atoms with Crippen LogP contribution in [0, 0.1) is 17.8 Å². The summed E-state index contributed by atoms with van der Waals surface area (Å²) in [4.78, 5) is 80.5. The molecule has 7 aliphatic rings. The van der Waals surface area contributed by atoms with Gasteiger partial charge in [0.1, 0.15) is 24.4 Å². The quantitative estimate of drug-likeness (QED) is 0.0621. The maximum absolute atomic E-state index is 13.3. The number of aromatic hydroxyl groups is 1. The normalized spacial score (nSPS) is 22.1. The van der Waals surface area contributed by atoms with Crippen LogP contribution in [0.4, 0.5) is 10.5 Å². The molecule has 0 radical (unpaired) electrons. The number of carbonyl (C=O) groups is 4. The van der Waals surface area contributed by atoms with Crippen molar-refractivity contribution in [2.24, 2.45) is 17.8 Å². The number of rotatable bonds is 9. The van der Waals surface area contributed by atoms with Gasteiger partial charge in [0, 0.05) is 87.4 Å². The number of hydrogen-bond acceptors (Lipinski definition) is 14. The number of aromatic nitrogens is 2. The summed E-state index contributed by atoms with van der Waals surface area (Å²) in [6.07, 6.45) is 10.4. The number of benzene rings is 2. The van der Waals surface area contributed by atoms with Crippen molar-refractivity contribution in [3.05, 3.63) is 117 Å². The fraction of sp³-hybridized carbons (Fsp3) is 0.483. The van der Waals surface area contributed by atoms with Crippen LogP contribution in [0.25, 0.3) is 22.3 Å². The summed E-state index contributed by atoms with van der Waals surface area (Å²) in [6.45, 7) is 12.3. The maximum atomic E-state index is 13.3. The third-order valence-electron chi connectivity index (χ3n) is 15.7. The van der Waals surface area contributed by atoms with Crippen LogP contribution in [-0.4, -0.2) is 112 Å². The van der Waals surface area contributed by atoms with Gasteiger partial charge in [0.15, 0.2) is 11.9 Å². The number of cyclic esters (lactones) is 1. The smallest absolute Gasteiger partial charge is 0.409 e. The van der Waals surface area contributed by atoms with E-state index in [-0.39, 0.29) is 53.8 Å². The molecule has 3 fully saturated rings. The average molecular weight is 1010 g/mol. The van der Waals surface area contributed by atoms with Gasteiger partial charge in [0.25, 0.3) is 5.56 Å². The number of pyridine rings is 2. The molecular weight excluding hydrogens is 943 g/mol. The lowest BCUT2D eigenvalue weighted by Crippen LogP contribution is -2.48. The fourth-order valence-electron chi connectivity index (χ4n) is 12.1. The Morgan fingerprint density at radius 1 is 0.932 bits per heavy atom. The molecule has 4 aromatic rings. The molecule has 392 valence electrons. The number of carbonyl (C=O) groups excluding carboxylic acids is 5. The van der Waals surface area contributed by atoms with E-state index < -0.39 is 12.1 Å². The van der Waals surface area contributed by atoms with Gasteiger partial charge in [-0.15, -0.1) is 0 Å². The fourth-order valence-corrected chi connectivity index (χ4v) is 12.1. The minimum absolute atomic E-state index is 0.130. The first kappa shape index (κ1) is 53.4. The monoisotopic (exact) mass is 1010 g/mol. The summed E-state index contributed by atoms with van der Waals surface area (Å²) in [6, 6.07) is 17.2. The number of anilines is 1. The molecule has 3 aliphatic heterocycles. The topological polar surface area (TPSA) is 198 Å². The highest BCUT2D eigenvalue weighted by Gasteiger charge is 2.47. The molecule has 16 nitrogen and oxygen atoms in total. The lowest BCUT2D eigenvalue weighted by molar-refractivity contribution is -0.157. The SMILES string of the molecule is C=C=O.CC.CC(=O)OC1CCC2C1CCC1=C3CCC(=O)C=C3CC[C@H]12.CN(CCCCOC(=O)N1CCN(Cc2c(O)ccc3nc4c(cc23)Cn2c-4cc3c(c2=O)COC(=O)C3O)CC1)c1ccccc1. The second-order valence-electron chi connectivity index (χ2n) is 19.9. The summed E-state index contributed by atoms with van der Waals surface area (Å²) in [5, 5.41) is 22.1. The number of amides is 1. The largest absolute Gasteiger partial charge is 0.508 e. The number of ether oxygens (including phenoxy) is 3. The lowest BCUT2D eigenvalue weighted by Gasteiger charge is -2.42. The van der Waals surface area contributed by atoms with E-state index in [0.717, 1.165) is 73.7 Å². The van der Waals surface area contributed by atoms with Crippen molar-refractivity contribution in [1.29, 1.82) is 0 Å². The van der Waals surface area contributed by atoms with Gasteiger partial charge in [-0.3, -0.25) is 19.3 Å². The number of allylic oxidation sites excluding steroid dienone is 4. The molecule has 4 aliphatic carbocycles. The molecule has 74 heavy (non-hydrogen) atoms. The Morgan fingerprint density at radius 2 is 1.69 bits per heavy atom. The molecule has 5 atom stereocenters. The van der Waals surface area contributed by atoms with E-state index in [1.807, 2.05) is 44.2 Å². The second kappa shape index (κ2) is 24.0. The summed E-state index contributed by atoms with van der Waals surface area (Å²) in [5.41, 5.74) is 9.21. The van der Waals surface area contributed by atoms with Crippen LogP contribution in [0.1, 0.15) is 113 Å². The molecule has 4 unspecified atom stereocenters. The van der Waals surface area contributed by atoms with E-state index in [2.05, 4.69) is 35.6 Å². The molecule has 0 spiro atoms. The molecule has 1 saturated heterocycles. The van der Waals surface area contributed by atoms with E-state index in [1.54, 1.807) is 33.2 Å². The summed E-state index contributed by atoms with van der Waals surface area (Å²) in [7, 11) is 2.06. The molecule has 16 heteroatoms. The zero-order valence-corrected chi connectivity index (χ0v) is 43.1.